The van der Waals surface area contributed by atoms with Crippen LogP contribution in [0, 0.1) is 18.6 Å². The number of nitrogen functional groups attached to an aromatic ring is 1. The highest BCUT2D eigenvalue weighted by atomic mass is 19.1. The van der Waals surface area contributed by atoms with E-state index in [1.165, 1.54) is 12.1 Å². The third-order valence-electron chi connectivity index (χ3n) is 2.20. The molecule has 1 heterocycles. The molecule has 0 aliphatic rings. The number of halogens is 2. The van der Waals surface area contributed by atoms with Crippen LogP contribution in [-0.2, 0) is 0 Å². The van der Waals surface area contributed by atoms with Crippen molar-refractivity contribution in [2.45, 2.75) is 6.92 Å². The summed E-state index contributed by atoms with van der Waals surface area (Å²) in [7, 11) is 0. The number of hydrogen-bond acceptors (Lipinski definition) is 5. The standard InChI is InChI=1S/C11H10F2N4O/c1-6-2-3-7(4-8(6)12)18-10-9(13)5-15-11(16-10)17-14/h2-5H,14H2,1H3,(H,15,16,17). The number of rotatable bonds is 3. The van der Waals surface area contributed by atoms with Crippen LogP contribution in [0.4, 0.5) is 14.7 Å². The molecule has 5 nitrogen and oxygen atoms in total. The Kier molecular flexibility index (Phi) is 3.33. The summed E-state index contributed by atoms with van der Waals surface area (Å²) in [6, 6.07) is 4.17. The Balaban J connectivity index is 2.30. The largest absolute Gasteiger partial charge is 0.436 e. The highest BCUT2D eigenvalue weighted by molar-refractivity contribution is 5.33. The fourth-order valence-corrected chi connectivity index (χ4v) is 1.24. The summed E-state index contributed by atoms with van der Waals surface area (Å²) in [4.78, 5) is 7.23. The van der Waals surface area contributed by atoms with Crippen molar-refractivity contribution in [1.82, 2.24) is 9.97 Å². The Hall–Kier alpha value is -2.28. The molecule has 0 fully saturated rings. The number of hydrogen-bond donors (Lipinski definition) is 2. The minimum Gasteiger partial charge on any atom is -0.436 e. The van der Waals surface area contributed by atoms with Crippen molar-refractivity contribution >= 4 is 5.95 Å². The number of hydrazine groups is 1. The quantitative estimate of drug-likeness (QED) is 0.646. The molecule has 0 radical (unpaired) electrons. The molecule has 2 aromatic rings. The first kappa shape index (κ1) is 12.2. The summed E-state index contributed by atoms with van der Waals surface area (Å²) in [6.07, 6.45) is 0.905. The molecular weight excluding hydrogens is 242 g/mol. The molecule has 0 atom stereocenters. The highest BCUT2D eigenvalue weighted by Gasteiger charge is 2.10. The van der Waals surface area contributed by atoms with E-state index in [9.17, 15) is 8.78 Å². The Bertz CT molecular complexity index is 577. The number of nitrogens with two attached hydrogens (primary N) is 1. The van der Waals surface area contributed by atoms with Crippen molar-refractivity contribution in [2.24, 2.45) is 5.84 Å². The van der Waals surface area contributed by atoms with Gasteiger partial charge in [0.05, 0.1) is 6.20 Å². The first-order valence-corrected chi connectivity index (χ1v) is 5.03. The van der Waals surface area contributed by atoms with Gasteiger partial charge in [-0.15, -0.1) is 0 Å². The summed E-state index contributed by atoms with van der Waals surface area (Å²) in [5.74, 6) is 3.68. The topological polar surface area (TPSA) is 73.1 Å². The number of benzene rings is 1. The lowest BCUT2D eigenvalue weighted by Gasteiger charge is -2.07. The monoisotopic (exact) mass is 252 g/mol. The van der Waals surface area contributed by atoms with Gasteiger partial charge in [0.1, 0.15) is 11.6 Å². The third kappa shape index (κ3) is 2.51. The number of ether oxygens (including phenoxy) is 1. The zero-order valence-corrected chi connectivity index (χ0v) is 9.45. The van der Waals surface area contributed by atoms with E-state index in [-0.39, 0.29) is 17.6 Å². The average Bonchev–Trinajstić information content (AvgIpc) is 2.36. The second kappa shape index (κ2) is 4.92. The molecule has 2 rings (SSSR count). The normalized spacial score (nSPS) is 10.2. The zero-order valence-electron chi connectivity index (χ0n) is 9.45. The summed E-state index contributed by atoms with van der Waals surface area (Å²) >= 11 is 0. The second-order valence-corrected chi connectivity index (χ2v) is 3.50. The average molecular weight is 252 g/mol. The summed E-state index contributed by atoms with van der Waals surface area (Å²) in [6.45, 7) is 1.61. The first-order chi connectivity index (χ1) is 8.60. The summed E-state index contributed by atoms with van der Waals surface area (Å²) in [5, 5.41) is 0. The lowest BCUT2D eigenvalue weighted by Crippen LogP contribution is -2.11. The van der Waals surface area contributed by atoms with Crippen LogP contribution < -0.4 is 16.0 Å². The maximum absolute atomic E-state index is 13.4. The van der Waals surface area contributed by atoms with Gasteiger partial charge in [0.2, 0.25) is 11.8 Å². The van der Waals surface area contributed by atoms with Gasteiger partial charge < -0.3 is 4.74 Å². The molecule has 0 unspecified atom stereocenters. The molecule has 7 heteroatoms. The SMILES string of the molecule is Cc1ccc(Oc2nc(NN)ncc2F)cc1F. The third-order valence-corrected chi connectivity index (χ3v) is 2.20. The molecule has 1 aromatic heterocycles. The molecule has 18 heavy (non-hydrogen) atoms. The van der Waals surface area contributed by atoms with Gasteiger partial charge in [0.15, 0.2) is 0 Å². The van der Waals surface area contributed by atoms with E-state index in [1.54, 1.807) is 6.92 Å². The van der Waals surface area contributed by atoms with Crippen LogP contribution in [0.15, 0.2) is 24.4 Å². The Morgan fingerprint density at radius 3 is 2.72 bits per heavy atom. The Labute approximate surface area is 102 Å². The molecule has 3 N–H and O–H groups in total. The van der Waals surface area contributed by atoms with Gasteiger partial charge in [-0.1, -0.05) is 6.07 Å². The number of aryl methyl sites for hydroxylation is 1. The van der Waals surface area contributed by atoms with Crippen LogP contribution in [0.1, 0.15) is 5.56 Å². The lowest BCUT2D eigenvalue weighted by atomic mass is 10.2. The van der Waals surface area contributed by atoms with Gasteiger partial charge in [-0.05, 0) is 18.6 Å². The number of aromatic nitrogens is 2. The maximum Gasteiger partial charge on any atom is 0.260 e. The van der Waals surface area contributed by atoms with Gasteiger partial charge in [-0.2, -0.15) is 9.37 Å². The fraction of sp³-hybridized carbons (Fsp3) is 0.0909. The van der Waals surface area contributed by atoms with Crippen LogP contribution in [0.5, 0.6) is 11.6 Å². The van der Waals surface area contributed by atoms with Crippen LogP contribution in [0.25, 0.3) is 0 Å². The molecule has 0 aliphatic carbocycles. The smallest absolute Gasteiger partial charge is 0.260 e. The molecule has 0 aliphatic heterocycles. The molecule has 0 bridgehead atoms. The number of nitrogens with zero attached hydrogens (tertiary/aromatic N) is 2. The van der Waals surface area contributed by atoms with Gasteiger partial charge >= 0.3 is 0 Å². The summed E-state index contributed by atoms with van der Waals surface area (Å²) < 4.78 is 31.8. The minimum absolute atomic E-state index is 0.000941. The van der Waals surface area contributed by atoms with E-state index in [4.69, 9.17) is 10.6 Å². The van der Waals surface area contributed by atoms with Crippen molar-refractivity contribution in [3.05, 3.63) is 41.6 Å². The van der Waals surface area contributed by atoms with Crippen molar-refractivity contribution in [1.29, 1.82) is 0 Å². The van der Waals surface area contributed by atoms with E-state index in [1.807, 2.05) is 0 Å². The molecule has 0 saturated carbocycles. The maximum atomic E-state index is 13.4. The molecule has 0 saturated heterocycles. The predicted octanol–water partition coefficient (Wildman–Crippen LogP) is 2.14. The molecule has 94 valence electrons. The minimum atomic E-state index is -0.769. The number of anilines is 1. The lowest BCUT2D eigenvalue weighted by molar-refractivity contribution is 0.417. The van der Waals surface area contributed by atoms with Crippen LogP contribution in [0.3, 0.4) is 0 Å². The molecule has 1 aromatic carbocycles. The van der Waals surface area contributed by atoms with Crippen molar-refractivity contribution in [2.75, 3.05) is 5.43 Å². The molecule has 0 amide bonds. The van der Waals surface area contributed by atoms with Crippen LogP contribution in [-0.4, -0.2) is 9.97 Å². The predicted molar refractivity (Wildman–Crippen MR) is 61.0 cm³/mol. The van der Waals surface area contributed by atoms with Crippen molar-refractivity contribution in [3.63, 3.8) is 0 Å². The van der Waals surface area contributed by atoms with Crippen LogP contribution >= 0.6 is 0 Å². The van der Waals surface area contributed by atoms with E-state index < -0.39 is 11.6 Å². The fourth-order valence-electron chi connectivity index (χ4n) is 1.24. The van der Waals surface area contributed by atoms with E-state index in [0.29, 0.717) is 5.56 Å². The Morgan fingerprint density at radius 2 is 2.06 bits per heavy atom. The van der Waals surface area contributed by atoms with Crippen molar-refractivity contribution < 1.29 is 13.5 Å². The van der Waals surface area contributed by atoms with E-state index in [0.717, 1.165) is 12.3 Å². The van der Waals surface area contributed by atoms with E-state index in [2.05, 4.69) is 15.4 Å². The van der Waals surface area contributed by atoms with Crippen molar-refractivity contribution in [3.8, 4) is 11.6 Å². The van der Waals surface area contributed by atoms with Crippen LogP contribution in [0.2, 0.25) is 0 Å². The van der Waals surface area contributed by atoms with Gasteiger partial charge in [0.25, 0.3) is 5.88 Å². The molecule has 0 spiro atoms. The summed E-state index contributed by atoms with van der Waals surface area (Å²) in [5.41, 5.74) is 2.63. The second-order valence-electron chi connectivity index (χ2n) is 3.50. The highest BCUT2D eigenvalue weighted by Crippen LogP contribution is 2.24. The van der Waals surface area contributed by atoms with Gasteiger partial charge in [0, 0.05) is 6.07 Å². The Morgan fingerprint density at radius 1 is 1.28 bits per heavy atom. The van der Waals surface area contributed by atoms with Gasteiger partial charge in [-0.25, -0.2) is 15.2 Å². The zero-order chi connectivity index (χ0) is 13.1. The number of nitrogens with one attached hydrogen (secondary N) is 1. The first-order valence-electron chi connectivity index (χ1n) is 5.03. The molecular formula is C11H10F2N4O. The van der Waals surface area contributed by atoms with E-state index >= 15 is 0 Å². The van der Waals surface area contributed by atoms with Gasteiger partial charge in [-0.3, -0.25) is 5.43 Å².